The third-order valence-corrected chi connectivity index (χ3v) is 16.3. The van der Waals surface area contributed by atoms with Gasteiger partial charge < -0.3 is 4.42 Å². The number of furan rings is 1. The zero-order chi connectivity index (χ0) is 17.0. The molecule has 1 aliphatic heterocycles. The van der Waals surface area contributed by atoms with Crippen molar-refractivity contribution >= 4 is 32.3 Å². The fourth-order valence-electron chi connectivity index (χ4n) is 4.21. The van der Waals surface area contributed by atoms with Gasteiger partial charge in [0, 0.05) is 13.3 Å². The quantitative estimate of drug-likeness (QED) is 0.628. The van der Waals surface area contributed by atoms with E-state index in [4.69, 9.17) is 4.42 Å². The van der Waals surface area contributed by atoms with Crippen molar-refractivity contribution in [1.29, 1.82) is 0 Å². The van der Waals surface area contributed by atoms with Gasteiger partial charge in [-0.25, -0.2) is 0 Å². The molecule has 0 radical (unpaired) electrons. The van der Waals surface area contributed by atoms with Crippen molar-refractivity contribution < 1.29 is 9.21 Å². The predicted octanol–water partition coefficient (Wildman–Crippen LogP) is 3.77. The van der Waals surface area contributed by atoms with Gasteiger partial charge in [0.25, 0.3) is 0 Å². The summed E-state index contributed by atoms with van der Waals surface area (Å²) >= 11 is 0. The first-order chi connectivity index (χ1) is 10.6. The Bertz CT molecular complexity index is 785. The van der Waals surface area contributed by atoms with Crippen molar-refractivity contribution in [1.82, 2.24) is 0 Å². The summed E-state index contributed by atoms with van der Waals surface area (Å²) in [7, 11) is -2.56. The van der Waals surface area contributed by atoms with E-state index in [9.17, 15) is 4.79 Å². The normalized spacial score (nSPS) is 18.0. The van der Waals surface area contributed by atoms with Crippen molar-refractivity contribution in [2.75, 3.05) is 0 Å². The van der Waals surface area contributed by atoms with E-state index in [0.717, 1.165) is 12.2 Å². The molecule has 0 bridgehead atoms. The van der Waals surface area contributed by atoms with Crippen LogP contribution in [0.25, 0.3) is 0 Å². The molecule has 0 spiro atoms. The van der Waals surface area contributed by atoms with Gasteiger partial charge >= 0.3 is 0 Å². The van der Waals surface area contributed by atoms with Gasteiger partial charge in [-0.15, -0.1) is 0 Å². The first kappa shape index (κ1) is 16.5. The molecular weight excluding hydrogens is 316 g/mol. The van der Waals surface area contributed by atoms with E-state index in [0.29, 0.717) is 5.76 Å². The maximum Gasteiger partial charge on any atom is 0.194 e. The van der Waals surface area contributed by atoms with Crippen LogP contribution in [0, 0.1) is 6.92 Å². The van der Waals surface area contributed by atoms with E-state index in [1.807, 2.05) is 6.07 Å². The molecule has 2 aromatic rings. The van der Waals surface area contributed by atoms with Crippen LogP contribution in [-0.4, -0.2) is 21.9 Å². The van der Waals surface area contributed by atoms with E-state index in [1.165, 1.54) is 16.8 Å². The molecule has 122 valence electrons. The first-order valence-corrected chi connectivity index (χ1v) is 14.8. The second-order valence-electron chi connectivity index (χ2n) is 8.27. The minimum Gasteiger partial charge on any atom is -0.458 e. The Morgan fingerprint density at radius 1 is 1.09 bits per heavy atom. The van der Waals surface area contributed by atoms with Crippen LogP contribution >= 0.6 is 0 Å². The Balaban J connectivity index is 2.00. The number of ketones is 1. The molecule has 23 heavy (non-hydrogen) atoms. The van der Waals surface area contributed by atoms with Crippen molar-refractivity contribution in [2.45, 2.75) is 52.1 Å². The SMILES string of the molecule is CC(=O)c1ccc(Cc2cc3c(cc2C)[Si](C)(C)C[Si]3(C)C)o1. The molecule has 3 rings (SSSR count). The summed E-state index contributed by atoms with van der Waals surface area (Å²) in [5.41, 5.74) is 4.16. The smallest absolute Gasteiger partial charge is 0.194 e. The molecule has 0 saturated carbocycles. The third-order valence-electron chi connectivity index (χ3n) is 5.19. The highest BCUT2D eigenvalue weighted by molar-refractivity contribution is 7.14. The summed E-state index contributed by atoms with van der Waals surface area (Å²) in [4.78, 5) is 11.4. The zero-order valence-electron chi connectivity index (χ0n) is 15.0. The summed E-state index contributed by atoms with van der Waals surface area (Å²) in [6.45, 7) is 13.8. The molecule has 0 fully saturated rings. The molecule has 0 unspecified atom stereocenters. The zero-order valence-corrected chi connectivity index (χ0v) is 17.0. The van der Waals surface area contributed by atoms with Crippen molar-refractivity contribution in [3.05, 3.63) is 46.9 Å². The number of benzene rings is 1. The number of carbonyl (C=O) groups is 1. The largest absolute Gasteiger partial charge is 0.458 e. The molecule has 2 nitrogen and oxygen atoms in total. The summed E-state index contributed by atoms with van der Waals surface area (Å²) in [6, 6.07) is 8.63. The number of carbonyl (C=O) groups excluding carboxylic acids is 1. The van der Waals surface area contributed by atoms with Crippen molar-refractivity contribution in [2.24, 2.45) is 0 Å². The van der Waals surface area contributed by atoms with Gasteiger partial charge in [0.05, 0.1) is 16.1 Å². The molecule has 0 amide bonds. The van der Waals surface area contributed by atoms with E-state index in [1.54, 1.807) is 23.4 Å². The number of fused-ring (bicyclic) bond motifs is 1. The van der Waals surface area contributed by atoms with Gasteiger partial charge in [-0.1, -0.05) is 54.4 Å². The maximum absolute atomic E-state index is 11.4. The van der Waals surface area contributed by atoms with Crippen LogP contribution in [0.5, 0.6) is 0 Å². The lowest BCUT2D eigenvalue weighted by Crippen LogP contribution is -2.44. The standard InChI is InChI=1S/C19H26O2Si2/c1-13-9-18-19(23(5,6)12-22(18,3)4)11-15(13)10-16-7-8-17(21-16)14(2)20/h7-9,11H,10,12H2,1-6H3. The lowest BCUT2D eigenvalue weighted by Gasteiger charge is -2.19. The van der Waals surface area contributed by atoms with Crippen LogP contribution < -0.4 is 10.4 Å². The van der Waals surface area contributed by atoms with E-state index in [-0.39, 0.29) is 5.78 Å². The molecular formula is C19H26O2Si2. The van der Waals surface area contributed by atoms with Crippen LogP contribution in [0.2, 0.25) is 31.9 Å². The molecule has 0 aliphatic carbocycles. The summed E-state index contributed by atoms with van der Waals surface area (Å²) in [6.07, 6.45) is 0.777. The molecule has 2 heterocycles. The Kier molecular flexibility index (Phi) is 3.80. The Morgan fingerprint density at radius 3 is 2.26 bits per heavy atom. The average Bonchev–Trinajstić information content (AvgIpc) is 2.93. The highest BCUT2D eigenvalue weighted by Crippen LogP contribution is 2.28. The minimum atomic E-state index is -1.30. The van der Waals surface area contributed by atoms with Gasteiger partial charge in [-0.3, -0.25) is 4.79 Å². The fraction of sp³-hybridized carbons (Fsp3) is 0.421. The van der Waals surface area contributed by atoms with E-state index < -0.39 is 16.1 Å². The maximum atomic E-state index is 11.4. The minimum absolute atomic E-state index is 0.0109. The lowest BCUT2D eigenvalue weighted by atomic mass is 10.0. The van der Waals surface area contributed by atoms with Crippen molar-refractivity contribution in [3.8, 4) is 0 Å². The first-order valence-electron chi connectivity index (χ1n) is 8.34. The van der Waals surface area contributed by atoms with Crippen molar-refractivity contribution in [3.63, 3.8) is 0 Å². The van der Waals surface area contributed by atoms with Crippen LogP contribution in [-0.2, 0) is 6.42 Å². The third kappa shape index (κ3) is 2.90. The number of hydrogen-bond acceptors (Lipinski definition) is 2. The second-order valence-corrected chi connectivity index (χ2v) is 18.3. The fourth-order valence-corrected chi connectivity index (χ4v) is 19.4. The number of Topliss-reactive ketones (excluding diaryl/α,β-unsaturated/α-hetero) is 1. The van der Waals surface area contributed by atoms with Crippen LogP contribution in [0.3, 0.4) is 0 Å². The Labute approximate surface area is 140 Å². The van der Waals surface area contributed by atoms with Gasteiger partial charge in [0.1, 0.15) is 5.76 Å². The topological polar surface area (TPSA) is 30.2 Å². The summed E-state index contributed by atoms with van der Waals surface area (Å²) in [5.74, 6) is 1.33. The average molecular weight is 343 g/mol. The molecule has 1 aromatic heterocycles. The summed E-state index contributed by atoms with van der Waals surface area (Å²) < 4.78 is 5.69. The van der Waals surface area contributed by atoms with E-state index >= 15 is 0 Å². The number of aryl methyl sites for hydroxylation is 1. The molecule has 0 saturated heterocycles. The highest BCUT2D eigenvalue weighted by Gasteiger charge is 2.44. The lowest BCUT2D eigenvalue weighted by molar-refractivity contribution is 0.0985. The van der Waals surface area contributed by atoms with Gasteiger partial charge in [0.15, 0.2) is 11.5 Å². The summed E-state index contributed by atoms with van der Waals surface area (Å²) in [5, 5.41) is 3.34. The van der Waals surface area contributed by atoms with Crippen LogP contribution in [0.4, 0.5) is 0 Å². The molecule has 1 aromatic carbocycles. The molecule has 0 N–H and O–H groups in total. The van der Waals surface area contributed by atoms with Crippen LogP contribution in [0.15, 0.2) is 28.7 Å². The molecule has 1 aliphatic rings. The van der Waals surface area contributed by atoms with Gasteiger partial charge in [-0.05, 0) is 30.2 Å². The number of rotatable bonds is 3. The van der Waals surface area contributed by atoms with Gasteiger partial charge in [0.2, 0.25) is 0 Å². The molecule has 0 atom stereocenters. The van der Waals surface area contributed by atoms with Gasteiger partial charge in [-0.2, -0.15) is 0 Å². The number of hydrogen-bond donors (Lipinski definition) is 0. The molecule has 4 heteroatoms. The van der Waals surface area contributed by atoms with E-state index in [2.05, 4.69) is 45.2 Å². The second kappa shape index (κ2) is 5.31. The predicted molar refractivity (Wildman–Crippen MR) is 102 cm³/mol. The Morgan fingerprint density at radius 2 is 1.70 bits per heavy atom. The monoisotopic (exact) mass is 342 g/mol. The Hall–Kier alpha value is -1.40. The highest BCUT2D eigenvalue weighted by atomic mass is 28.4. The van der Waals surface area contributed by atoms with Crippen LogP contribution in [0.1, 0.15) is 34.4 Å².